The van der Waals surface area contributed by atoms with Crippen LogP contribution in [-0.2, 0) is 13.0 Å². The van der Waals surface area contributed by atoms with E-state index >= 15 is 0 Å². The fourth-order valence-corrected chi connectivity index (χ4v) is 4.81. The Labute approximate surface area is 236 Å². The Hall–Kier alpha value is -5.44. The number of amides is 1. The predicted octanol–water partition coefficient (Wildman–Crippen LogP) is 4.71. The summed E-state index contributed by atoms with van der Waals surface area (Å²) in [5, 5.41) is 21.6. The number of rotatable bonds is 10. The zero-order chi connectivity index (χ0) is 28.9. The number of pyridine rings is 1. The van der Waals surface area contributed by atoms with Crippen molar-refractivity contribution in [2.24, 2.45) is 5.73 Å². The predicted molar refractivity (Wildman–Crippen MR) is 158 cm³/mol. The summed E-state index contributed by atoms with van der Waals surface area (Å²) in [5.41, 5.74) is 10.5. The van der Waals surface area contributed by atoms with E-state index in [1.54, 1.807) is 36.5 Å². The number of nitrogen functional groups attached to an aromatic ring is 1. The Morgan fingerprint density at radius 3 is 2.56 bits per heavy atom. The largest absolute Gasteiger partial charge is 0.497 e. The van der Waals surface area contributed by atoms with Crippen LogP contribution in [0.5, 0.6) is 5.75 Å². The molecular weight excluding hydrogens is 518 g/mol. The maximum Gasteiger partial charge on any atom is 0.336 e. The Morgan fingerprint density at radius 2 is 1.83 bits per heavy atom. The number of aromatic nitrogens is 2. The maximum atomic E-state index is 13.1. The summed E-state index contributed by atoms with van der Waals surface area (Å²) in [7, 11) is 1.48. The van der Waals surface area contributed by atoms with Crippen molar-refractivity contribution in [3.05, 3.63) is 119 Å². The molecule has 5 rings (SSSR count). The molecule has 2 heterocycles. The number of hydrogen-bond donors (Lipinski definition) is 4. The standard InChI is InChI=1S/C32H29N5O4/c1-41-25-8-9-26(28(18-25)32(39)40)27-17-22(31(38)36-14-11-24-4-2-3-13-35-24)5-6-23(27)19-37-15-12-20-16-21(30(33)34)7-10-29(20)37/h2-10,12-13,15-18H,11,14,19H2,1H3,(H3,33,34)(H,36,38)(H,39,40). The number of fused-ring (bicyclic) bond motifs is 1. The number of carboxylic acid groups (broad SMARTS) is 1. The van der Waals surface area contributed by atoms with Crippen LogP contribution < -0.4 is 15.8 Å². The molecule has 0 radical (unpaired) electrons. The summed E-state index contributed by atoms with van der Waals surface area (Å²) in [4.78, 5) is 29.7. The highest BCUT2D eigenvalue weighted by Gasteiger charge is 2.19. The summed E-state index contributed by atoms with van der Waals surface area (Å²) in [6, 6.07) is 23.4. The van der Waals surface area contributed by atoms with E-state index in [1.807, 2.05) is 53.2 Å². The molecule has 5 N–H and O–H groups in total. The molecule has 0 bridgehead atoms. The maximum absolute atomic E-state index is 13.1. The van der Waals surface area contributed by atoms with Gasteiger partial charge in [-0.25, -0.2) is 4.79 Å². The number of nitrogens with one attached hydrogen (secondary N) is 2. The van der Waals surface area contributed by atoms with E-state index in [4.69, 9.17) is 15.9 Å². The zero-order valence-electron chi connectivity index (χ0n) is 22.4. The lowest BCUT2D eigenvalue weighted by molar-refractivity contribution is 0.0697. The van der Waals surface area contributed by atoms with Crippen LogP contribution in [-0.4, -0.2) is 46.0 Å². The molecule has 0 saturated heterocycles. The zero-order valence-corrected chi connectivity index (χ0v) is 22.4. The van der Waals surface area contributed by atoms with E-state index < -0.39 is 5.97 Å². The van der Waals surface area contributed by atoms with E-state index in [2.05, 4.69) is 10.3 Å². The third kappa shape index (κ3) is 5.94. The van der Waals surface area contributed by atoms with E-state index in [0.29, 0.717) is 47.5 Å². The lowest BCUT2D eigenvalue weighted by Crippen LogP contribution is -2.26. The first-order valence-corrected chi connectivity index (χ1v) is 13.0. The number of amidine groups is 1. The lowest BCUT2D eigenvalue weighted by atomic mass is 9.93. The molecule has 0 aliphatic rings. The molecule has 0 aliphatic heterocycles. The summed E-state index contributed by atoms with van der Waals surface area (Å²) in [5.74, 6) is -0.939. The average Bonchev–Trinajstić information content (AvgIpc) is 3.39. The second kappa shape index (κ2) is 11.7. The third-order valence-corrected chi connectivity index (χ3v) is 6.93. The topological polar surface area (TPSA) is 143 Å². The highest BCUT2D eigenvalue weighted by Crippen LogP contribution is 2.32. The van der Waals surface area contributed by atoms with Gasteiger partial charge >= 0.3 is 5.97 Å². The highest BCUT2D eigenvalue weighted by molar-refractivity contribution is 6.00. The SMILES string of the molecule is COc1ccc(-c2cc(C(=O)NCCc3ccccn3)ccc2Cn2ccc3cc(C(=N)N)ccc32)c(C(=O)O)c1. The first-order chi connectivity index (χ1) is 19.8. The molecule has 2 aromatic heterocycles. The van der Waals surface area contributed by atoms with E-state index in [9.17, 15) is 14.7 Å². The van der Waals surface area contributed by atoms with Crippen molar-refractivity contribution in [1.82, 2.24) is 14.9 Å². The van der Waals surface area contributed by atoms with Gasteiger partial charge in [0.2, 0.25) is 0 Å². The summed E-state index contributed by atoms with van der Waals surface area (Å²) < 4.78 is 7.30. The van der Waals surface area contributed by atoms with Gasteiger partial charge in [0.1, 0.15) is 11.6 Å². The lowest BCUT2D eigenvalue weighted by Gasteiger charge is -2.16. The Morgan fingerprint density at radius 1 is 1.00 bits per heavy atom. The molecule has 0 unspecified atom stereocenters. The molecular formula is C32H29N5O4. The van der Waals surface area contributed by atoms with Crippen molar-refractivity contribution < 1.29 is 19.4 Å². The number of carboxylic acids is 1. The average molecular weight is 548 g/mol. The summed E-state index contributed by atoms with van der Waals surface area (Å²) in [6.45, 7) is 0.832. The highest BCUT2D eigenvalue weighted by atomic mass is 16.5. The smallest absolute Gasteiger partial charge is 0.336 e. The van der Waals surface area contributed by atoms with Gasteiger partial charge < -0.3 is 25.5 Å². The van der Waals surface area contributed by atoms with Crippen LogP contribution in [0.3, 0.4) is 0 Å². The van der Waals surface area contributed by atoms with Crippen molar-refractivity contribution in [3.8, 4) is 16.9 Å². The van der Waals surface area contributed by atoms with Crippen molar-refractivity contribution in [3.63, 3.8) is 0 Å². The number of nitrogens with zero attached hydrogens (tertiary/aromatic N) is 2. The van der Waals surface area contributed by atoms with Crippen LogP contribution in [0.1, 0.15) is 37.5 Å². The van der Waals surface area contributed by atoms with Gasteiger partial charge in [0.05, 0.1) is 12.7 Å². The van der Waals surface area contributed by atoms with E-state index in [0.717, 1.165) is 22.2 Å². The normalized spacial score (nSPS) is 10.9. The molecule has 0 aliphatic carbocycles. The van der Waals surface area contributed by atoms with Crippen LogP contribution in [0.2, 0.25) is 0 Å². The molecule has 3 aromatic carbocycles. The fraction of sp³-hybridized carbons (Fsp3) is 0.125. The Balaban J connectivity index is 1.52. The molecule has 9 nitrogen and oxygen atoms in total. The second-order valence-electron chi connectivity index (χ2n) is 9.55. The molecule has 41 heavy (non-hydrogen) atoms. The molecule has 9 heteroatoms. The second-order valence-corrected chi connectivity index (χ2v) is 9.55. The monoisotopic (exact) mass is 547 g/mol. The minimum Gasteiger partial charge on any atom is -0.497 e. The number of aromatic carboxylic acids is 1. The molecule has 1 amide bonds. The molecule has 0 atom stereocenters. The van der Waals surface area contributed by atoms with Crippen molar-refractivity contribution in [1.29, 1.82) is 5.41 Å². The number of methoxy groups -OCH3 is 1. The Kier molecular flexibility index (Phi) is 7.78. The number of hydrogen-bond acceptors (Lipinski definition) is 5. The van der Waals surface area contributed by atoms with Crippen molar-refractivity contribution >= 4 is 28.6 Å². The number of benzene rings is 3. The Bertz CT molecular complexity index is 1760. The van der Waals surface area contributed by atoms with Gasteiger partial charge in [0.25, 0.3) is 5.91 Å². The molecule has 0 spiro atoms. The van der Waals surface area contributed by atoms with Crippen LogP contribution in [0, 0.1) is 5.41 Å². The van der Waals surface area contributed by atoms with Gasteiger partial charge in [-0.2, -0.15) is 0 Å². The minimum absolute atomic E-state index is 0.00320. The molecule has 5 aromatic rings. The van der Waals surface area contributed by atoms with Gasteiger partial charge in [-0.1, -0.05) is 12.1 Å². The van der Waals surface area contributed by atoms with Crippen LogP contribution >= 0.6 is 0 Å². The number of carbonyl (C=O) groups excluding carboxylic acids is 1. The number of ether oxygens (including phenoxy) is 1. The first-order valence-electron chi connectivity index (χ1n) is 13.0. The van der Waals surface area contributed by atoms with Gasteiger partial charge in [-0.3, -0.25) is 15.2 Å². The first kappa shape index (κ1) is 27.1. The van der Waals surface area contributed by atoms with Gasteiger partial charge in [0, 0.05) is 59.6 Å². The minimum atomic E-state index is -1.10. The molecule has 206 valence electrons. The van der Waals surface area contributed by atoms with Gasteiger partial charge in [-0.15, -0.1) is 0 Å². The van der Waals surface area contributed by atoms with Crippen molar-refractivity contribution in [2.75, 3.05) is 13.7 Å². The summed E-state index contributed by atoms with van der Waals surface area (Å²) in [6.07, 6.45) is 4.24. The van der Waals surface area contributed by atoms with Gasteiger partial charge in [0.15, 0.2) is 0 Å². The number of carbonyl (C=O) groups is 2. The molecule has 0 fully saturated rings. The quantitative estimate of drug-likeness (QED) is 0.147. The molecule has 0 saturated carbocycles. The van der Waals surface area contributed by atoms with Gasteiger partial charge in [-0.05, 0) is 83.4 Å². The summed E-state index contributed by atoms with van der Waals surface area (Å²) >= 11 is 0. The van der Waals surface area contributed by atoms with E-state index in [1.165, 1.54) is 13.2 Å². The third-order valence-electron chi connectivity index (χ3n) is 6.93. The van der Waals surface area contributed by atoms with Crippen molar-refractivity contribution in [2.45, 2.75) is 13.0 Å². The van der Waals surface area contributed by atoms with Crippen LogP contribution in [0.4, 0.5) is 0 Å². The fourth-order valence-electron chi connectivity index (χ4n) is 4.81. The van der Waals surface area contributed by atoms with Crippen LogP contribution in [0.25, 0.3) is 22.0 Å². The van der Waals surface area contributed by atoms with E-state index in [-0.39, 0.29) is 17.3 Å². The number of nitrogens with two attached hydrogens (primary N) is 1. The van der Waals surface area contributed by atoms with Crippen LogP contribution in [0.15, 0.2) is 91.3 Å².